The number of nitrogens with one attached hydrogen (secondary N) is 2. The molecule has 21 heavy (non-hydrogen) atoms. The number of methoxy groups -OCH3 is 1. The number of aryl methyl sites for hydroxylation is 1. The number of amides is 1. The zero-order valence-corrected chi connectivity index (χ0v) is 12.5. The minimum atomic E-state index is -0.224. The van der Waals surface area contributed by atoms with Crippen LogP contribution in [0.1, 0.15) is 29.2 Å². The van der Waals surface area contributed by atoms with Crippen molar-refractivity contribution in [3.05, 3.63) is 17.6 Å². The van der Waals surface area contributed by atoms with Gasteiger partial charge in [0, 0.05) is 32.9 Å². The van der Waals surface area contributed by atoms with E-state index in [1.54, 1.807) is 20.1 Å². The summed E-state index contributed by atoms with van der Waals surface area (Å²) < 4.78 is 10.4. The van der Waals surface area contributed by atoms with Gasteiger partial charge < -0.3 is 20.1 Å². The fourth-order valence-corrected chi connectivity index (χ4v) is 2.16. The van der Waals surface area contributed by atoms with Gasteiger partial charge in [-0.25, -0.2) is 9.97 Å². The monoisotopic (exact) mass is 294 g/mol. The third-order valence-corrected chi connectivity index (χ3v) is 3.20. The Hall–Kier alpha value is -1.73. The minimum absolute atomic E-state index is 0.222. The maximum atomic E-state index is 12.0. The van der Waals surface area contributed by atoms with Crippen molar-refractivity contribution in [2.45, 2.75) is 25.9 Å². The molecule has 1 amide bonds. The SMILES string of the molecule is COCCNC(=O)c1cc(NCC2CCCO2)nc(C)n1. The second kappa shape index (κ2) is 7.90. The number of hydrogen-bond donors (Lipinski definition) is 2. The molecule has 0 saturated carbocycles. The van der Waals surface area contributed by atoms with E-state index >= 15 is 0 Å². The van der Waals surface area contributed by atoms with Gasteiger partial charge in [0.1, 0.15) is 17.3 Å². The van der Waals surface area contributed by atoms with Crippen molar-refractivity contribution in [2.24, 2.45) is 0 Å². The fourth-order valence-electron chi connectivity index (χ4n) is 2.16. The summed E-state index contributed by atoms with van der Waals surface area (Å²) in [7, 11) is 1.59. The number of rotatable bonds is 7. The molecule has 116 valence electrons. The standard InChI is InChI=1S/C14H22N4O3/c1-10-17-12(14(19)15-5-7-20-2)8-13(18-10)16-9-11-4-3-6-21-11/h8,11H,3-7,9H2,1-2H3,(H,15,19)(H,16,17,18). The van der Waals surface area contributed by atoms with Gasteiger partial charge in [0.05, 0.1) is 12.7 Å². The third-order valence-electron chi connectivity index (χ3n) is 3.20. The van der Waals surface area contributed by atoms with Gasteiger partial charge in [-0.05, 0) is 19.8 Å². The van der Waals surface area contributed by atoms with Crippen molar-refractivity contribution in [3.8, 4) is 0 Å². The quantitative estimate of drug-likeness (QED) is 0.722. The molecular formula is C14H22N4O3. The predicted octanol–water partition coefficient (Wildman–Crippen LogP) is 0.752. The first kappa shape index (κ1) is 15.7. The van der Waals surface area contributed by atoms with Crippen LogP contribution in [0.25, 0.3) is 0 Å². The van der Waals surface area contributed by atoms with Gasteiger partial charge in [0.15, 0.2) is 0 Å². The summed E-state index contributed by atoms with van der Waals surface area (Å²) in [4.78, 5) is 20.4. The zero-order valence-electron chi connectivity index (χ0n) is 12.5. The number of ether oxygens (including phenoxy) is 2. The summed E-state index contributed by atoms with van der Waals surface area (Å²) >= 11 is 0. The lowest BCUT2D eigenvalue weighted by molar-refractivity contribution is 0.0932. The lowest BCUT2D eigenvalue weighted by atomic mass is 10.2. The van der Waals surface area contributed by atoms with E-state index in [1.165, 1.54) is 0 Å². The molecule has 1 saturated heterocycles. The molecule has 2 heterocycles. The molecule has 0 bridgehead atoms. The summed E-state index contributed by atoms with van der Waals surface area (Å²) in [5.41, 5.74) is 0.355. The second-order valence-corrected chi connectivity index (χ2v) is 4.95. The summed E-state index contributed by atoms with van der Waals surface area (Å²) in [6.07, 6.45) is 2.38. The molecule has 2 rings (SSSR count). The summed E-state index contributed by atoms with van der Waals surface area (Å²) in [5.74, 6) is 0.983. The van der Waals surface area contributed by atoms with Crippen LogP contribution in [-0.2, 0) is 9.47 Å². The molecule has 1 aromatic rings. The first-order valence-corrected chi connectivity index (χ1v) is 7.17. The molecule has 1 atom stereocenters. The Balaban J connectivity index is 1.93. The van der Waals surface area contributed by atoms with E-state index in [-0.39, 0.29) is 12.0 Å². The van der Waals surface area contributed by atoms with Crippen molar-refractivity contribution in [3.63, 3.8) is 0 Å². The number of aromatic nitrogens is 2. The first-order chi connectivity index (χ1) is 10.2. The predicted molar refractivity (Wildman–Crippen MR) is 78.4 cm³/mol. The van der Waals surface area contributed by atoms with Crippen LogP contribution in [0.3, 0.4) is 0 Å². The van der Waals surface area contributed by atoms with Gasteiger partial charge in [-0.3, -0.25) is 4.79 Å². The summed E-state index contributed by atoms with van der Waals surface area (Å²) in [6.45, 7) is 4.21. The van der Waals surface area contributed by atoms with Crippen LogP contribution < -0.4 is 10.6 Å². The van der Waals surface area contributed by atoms with Crippen LogP contribution in [0.2, 0.25) is 0 Å². The third kappa shape index (κ3) is 4.95. The Morgan fingerprint density at radius 1 is 1.52 bits per heavy atom. The van der Waals surface area contributed by atoms with Crippen LogP contribution in [0.4, 0.5) is 5.82 Å². The summed E-state index contributed by atoms with van der Waals surface area (Å²) in [5, 5.41) is 5.95. The lowest BCUT2D eigenvalue weighted by Gasteiger charge is -2.12. The van der Waals surface area contributed by atoms with Gasteiger partial charge in [0.25, 0.3) is 5.91 Å². The normalized spacial score (nSPS) is 17.7. The highest BCUT2D eigenvalue weighted by Crippen LogP contribution is 2.13. The van der Waals surface area contributed by atoms with Gasteiger partial charge in [-0.2, -0.15) is 0 Å². The van der Waals surface area contributed by atoms with Crippen molar-refractivity contribution in [2.75, 3.05) is 38.7 Å². The molecule has 1 unspecified atom stereocenters. The lowest BCUT2D eigenvalue weighted by Crippen LogP contribution is -2.28. The first-order valence-electron chi connectivity index (χ1n) is 7.17. The van der Waals surface area contributed by atoms with Crippen molar-refractivity contribution >= 4 is 11.7 Å². The molecule has 0 spiro atoms. The molecule has 2 N–H and O–H groups in total. The smallest absolute Gasteiger partial charge is 0.270 e. The molecule has 1 aromatic heterocycles. The van der Waals surface area contributed by atoms with Crippen LogP contribution in [0.5, 0.6) is 0 Å². The number of carbonyl (C=O) groups excluding carboxylic acids is 1. The van der Waals surface area contributed by atoms with Gasteiger partial charge in [-0.15, -0.1) is 0 Å². The highest BCUT2D eigenvalue weighted by Gasteiger charge is 2.16. The highest BCUT2D eigenvalue weighted by atomic mass is 16.5. The van der Waals surface area contributed by atoms with E-state index in [4.69, 9.17) is 9.47 Å². The average Bonchev–Trinajstić information content (AvgIpc) is 2.98. The van der Waals surface area contributed by atoms with Crippen LogP contribution in [0, 0.1) is 6.92 Å². The molecule has 7 heteroatoms. The number of carbonyl (C=O) groups is 1. The maximum Gasteiger partial charge on any atom is 0.270 e. The van der Waals surface area contributed by atoms with Gasteiger partial charge >= 0.3 is 0 Å². The average molecular weight is 294 g/mol. The Kier molecular flexibility index (Phi) is 5.89. The van der Waals surface area contributed by atoms with E-state index < -0.39 is 0 Å². The van der Waals surface area contributed by atoms with Crippen LogP contribution in [-0.4, -0.2) is 55.4 Å². The van der Waals surface area contributed by atoms with E-state index in [0.717, 1.165) is 19.4 Å². The molecule has 0 radical (unpaired) electrons. The van der Waals surface area contributed by atoms with E-state index in [9.17, 15) is 4.79 Å². The Labute approximate surface area is 124 Å². The van der Waals surface area contributed by atoms with E-state index in [2.05, 4.69) is 20.6 Å². The largest absolute Gasteiger partial charge is 0.383 e. The number of anilines is 1. The molecular weight excluding hydrogens is 272 g/mol. The summed E-state index contributed by atoms with van der Waals surface area (Å²) in [6, 6.07) is 1.66. The van der Waals surface area contributed by atoms with E-state index in [0.29, 0.717) is 37.0 Å². The van der Waals surface area contributed by atoms with Crippen molar-refractivity contribution < 1.29 is 14.3 Å². The molecule has 0 aromatic carbocycles. The number of nitrogens with zero attached hydrogens (tertiary/aromatic N) is 2. The van der Waals surface area contributed by atoms with Crippen molar-refractivity contribution in [1.82, 2.24) is 15.3 Å². The Morgan fingerprint density at radius 2 is 2.38 bits per heavy atom. The van der Waals surface area contributed by atoms with E-state index in [1.807, 2.05) is 0 Å². The van der Waals surface area contributed by atoms with Crippen molar-refractivity contribution in [1.29, 1.82) is 0 Å². The zero-order chi connectivity index (χ0) is 15.1. The second-order valence-electron chi connectivity index (χ2n) is 4.95. The topological polar surface area (TPSA) is 85.4 Å². The van der Waals surface area contributed by atoms with Crippen LogP contribution >= 0.6 is 0 Å². The maximum absolute atomic E-state index is 12.0. The Bertz CT molecular complexity index is 475. The fraction of sp³-hybridized carbons (Fsp3) is 0.643. The molecule has 1 aliphatic rings. The molecule has 0 aliphatic carbocycles. The molecule has 7 nitrogen and oxygen atoms in total. The molecule has 1 aliphatic heterocycles. The van der Waals surface area contributed by atoms with Gasteiger partial charge in [0.2, 0.25) is 0 Å². The van der Waals surface area contributed by atoms with Gasteiger partial charge in [-0.1, -0.05) is 0 Å². The minimum Gasteiger partial charge on any atom is -0.383 e. The highest BCUT2D eigenvalue weighted by molar-refractivity contribution is 5.92. The van der Waals surface area contributed by atoms with Crippen LogP contribution in [0.15, 0.2) is 6.07 Å². The molecule has 1 fully saturated rings. The Morgan fingerprint density at radius 3 is 3.10 bits per heavy atom. The number of hydrogen-bond acceptors (Lipinski definition) is 6.